The Hall–Kier alpha value is -1.61. The topological polar surface area (TPSA) is 25.2 Å². The molecule has 3 heteroatoms. The van der Waals surface area contributed by atoms with E-state index in [-0.39, 0.29) is 17.9 Å². The van der Waals surface area contributed by atoms with Crippen LogP contribution in [0.25, 0.3) is 0 Å². The molecule has 0 saturated carbocycles. The van der Waals surface area contributed by atoms with E-state index in [1.54, 1.807) is 24.7 Å². The predicted molar refractivity (Wildman–Crippen MR) is 65.1 cm³/mol. The van der Waals surface area contributed by atoms with Crippen molar-refractivity contribution in [2.75, 3.05) is 0 Å². The second-order valence-corrected chi connectivity index (χ2v) is 4.19. The maximum atomic E-state index is 13.6. The number of hydrogen-bond donors (Lipinski definition) is 1. The van der Waals surface area contributed by atoms with Crippen LogP contribution in [0, 0.1) is 5.82 Å². The average Bonchev–Trinajstić information content (AvgIpc) is 2.82. The van der Waals surface area contributed by atoms with Crippen molar-refractivity contribution in [1.29, 1.82) is 0 Å². The van der Waals surface area contributed by atoms with Crippen molar-refractivity contribution in [2.24, 2.45) is 0 Å². The lowest BCUT2D eigenvalue weighted by atomic mass is 10.1. The van der Waals surface area contributed by atoms with E-state index in [1.165, 1.54) is 6.07 Å². The fraction of sp³-hybridized carbons (Fsp3) is 0.286. The molecule has 2 aromatic rings. The minimum atomic E-state index is -0.174. The third-order valence-corrected chi connectivity index (χ3v) is 2.91. The normalized spacial score (nSPS) is 14.5. The van der Waals surface area contributed by atoms with Gasteiger partial charge in [-0.25, -0.2) is 4.39 Å². The Kier molecular flexibility index (Phi) is 3.59. The molecular formula is C14H16FNO. The van der Waals surface area contributed by atoms with Crippen LogP contribution in [0.2, 0.25) is 0 Å². The molecule has 2 unspecified atom stereocenters. The van der Waals surface area contributed by atoms with Crippen molar-refractivity contribution in [3.8, 4) is 0 Å². The second kappa shape index (κ2) is 5.15. The first kappa shape index (κ1) is 11.9. The molecule has 0 amide bonds. The van der Waals surface area contributed by atoms with Crippen molar-refractivity contribution < 1.29 is 8.81 Å². The fourth-order valence-corrected chi connectivity index (χ4v) is 1.91. The maximum absolute atomic E-state index is 13.6. The number of benzene rings is 1. The van der Waals surface area contributed by atoms with Gasteiger partial charge in [0.25, 0.3) is 0 Å². The molecule has 0 fully saturated rings. The number of halogens is 1. The summed E-state index contributed by atoms with van der Waals surface area (Å²) in [4.78, 5) is 0. The minimum Gasteiger partial charge on any atom is -0.472 e. The van der Waals surface area contributed by atoms with Gasteiger partial charge in [0.05, 0.1) is 12.5 Å². The molecular weight excluding hydrogens is 217 g/mol. The highest BCUT2D eigenvalue weighted by atomic mass is 19.1. The molecule has 0 saturated heterocycles. The SMILES string of the molecule is CC(NC(C)c1ccccc1F)c1ccoc1. The number of furan rings is 1. The van der Waals surface area contributed by atoms with Crippen LogP contribution in [-0.2, 0) is 0 Å². The highest BCUT2D eigenvalue weighted by Crippen LogP contribution is 2.21. The smallest absolute Gasteiger partial charge is 0.127 e. The van der Waals surface area contributed by atoms with E-state index in [0.29, 0.717) is 5.56 Å². The first-order chi connectivity index (χ1) is 8.18. The zero-order chi connectivity index (χ0) is 12.3. The van der Waals surface area contributed by atoms with Crippen LogP contribution in [-0.4, -0.2) is 0 Å². The molecule has 0 bridgehead atoms. The van der Waals surface area contributed by atoms with E-state index in [0.717, 1.165) is 5.56 Å². The van der Waals surface area contributed by atoms with Crippen molar-refractivity contribution in [1.82, 2.24) is 5.32 Å². The molecule has 2 nitrogen and oxygen atoms in total. The van der Waals surface area contributed by atoms with Crippen molar-refractivity contribution in [2.45, 2.75) is 25.9 Å². The third kappa shape index (κ3) is 2.74. The highest BCUT2D eigenvalue weighted by Gasteiger charge is 2.14. The standard InChI is InChI=1S/C14H16FNO/c1-10(12-7-8-17-9-12)16-11(2)13-5-3-4-6-14(13)15/h3-11,16H,1-2H3. The Labute approximate surface area is 100 Å². The lowest BCUT2D eigenvalue weighted by molar-refractivity contribution is 0.468. The van der Waals surface area contributed by atoms with Crippen molar-refractivity contribution >= 4 is 0 Å². The van der Waals surface area contributed by atoms with Gasteiger partial charge in [0.15, 0.2) is 0 Å². The van der Waals surface area contributed by atoms with Gasteiger partial charge in [0.1, 0.15) is 5.82 Å². The maximum Gasteiger partial charge on any atom is 0.127 e. The molecule has 1 N–H and O–H groups in total. The summed E-state index contributed by atoms with van der Waals surface area (Å²) in [6, 6.07) is 8.82. The summed E-state index contributed by atoms with van der Waals surface area (Å²) in [6.07, 6.45) is 3.34. The lowest BCUT2D eigenvalue weighted by Crippen LogP contribution is -2.22. The Morgan fingerprint density at radius 1 is 1.12 bits per heavy atom. The van der Waals surface area contributed by atoms with E-state index in [1.807, 2.05) is 26.0 Å². The highest BCUT2D eigenvalue weighted by molar-refractivity contribution is 5.21. The largest absolute Gasteiger partial charge is 0.472 e. The van der Waals surface area contributed by atoms with E-state index < -0.39 is 0 Å². The van der Waals surface area contributed by atoms with Crippen molar-refractivity contribution in [3.05, 3.63) is 59.8 Å². The van der Waals surface area contributed by atoms with Gasteiger partial charge in [0.2, 0.25) is 0 Å². The van der Waals surface area contributed by atoms with Crippen LogP contribution < -0.4 is 5.32 Å². The third-order valence-electron chi connectivity index (χ3n) is 2.91. The molecule has 0 aliphatic carbocycles. The predicted octanol–water partition coefficient (Wildman–Crippen LogP) is 3.83. The van der Waals surface area contributed by atoms with Gasteiger partial charge in [0, 0.05) is 23.2 Å². The van der Waals surface area contributed by atoms with Crippen LogP contribution in [0.5, 0.6) is 0 Å². The molecule has 0 aliphatic rings. The summed E-state index contributed by atoms with van der Waals surface area (Å²) in [5.74, 6) is -0.174. The molecule has 17 heavy (non-hydrogen) atoms. The van der Waals surface area contributed by atoms with Crippen LogP contribution in [0.1, 0.15) is 37.1 Å². The number of nitrogens with one attached hydrogen (secondary N) is 1. The molecule has 1 heterocycles. The van der Waals surface area contributed by atoms with E-state index in [2.05, 4.69) is 5.32 Å². The van der Waals surface area contributed by atoms with E-state index in [4.69, 9.17) is 4.42 Å². The summed E-state index contributed by atoms with van der Waals surface area (Å²) in [6.45, 7) is 3.98. The molecule has 1 aromatic carbocycles. The Morgan fingerprint density at radius 2 is 1.88 bits per heavy atom. The van der Waals surface area contributed by atoms with Gasteiger partial charge in [-0.15, -0.1) is 0 Å². The molecule has 2 atom stereocenters. The zero-order valence-electron chi connectivity index (χ0n) is 9.98. The number of rotatable bonds is 4. The molecule has 0 spiro atoms. The lowest BCUT2D eigenvalue weighted by Gasteiger charge is -2.19. The summed E-state index contributed by atoms with van der Waals surface area (Å²) in [5.41, 5.74) is 1.75. The van der Waals surface area contributed by atoms with Crippen LogP contribution in [0.3, 0.4) is 0 Å². The molecule has 0 aliphatic heterocycles. The van der Waals surface area contributed by atoms with Gasteiger partial charge < -0.3 is 9.73 Å². The Morgan fingerprint density at radius 3 is 2.53 bits per heavy atom. The van der Waals surface area contributed by atoms with Gasteiger partial charge in [-0.05, 0) is 26.0 Å². The molecule has 2 rings (SSSR count). The molecule has 90 valence electrons. The minimum absolute atomic E-state index is 0.0406. The average molecular weight is 233 g/mol. The van der Waals surface area contributed by atoms with E-state index >= 15 is 0 Å². The number of hydrogen-bond acceptors (Lipinski definition) is 2. The first-order valence-corrected chi connectivity index (χ1v) is 5.71. The summed E-state index contributed by atoms with van der Waals surface area (Å²) in [5, 5.41) is 3.34. The van der Waals surface area contributed by atoms with Crippen LogP contribution in [0.15, 0.2) is 47.3 Å². The Bertz CT molecular complexity index is 467. The molecule has 1 aromatic heterocycles. The van der Waals surface area contributed by atoms with Crippen LogP contribution in [0.4, 0.5) is 4.39 Å². The van der Waals surface area contributed by atoms with E-state index in [9.17, 15) is 4.39 Å². The molecule has 0 radical (unpaired) electrons. The quantitative estimate of drug-likeness (QED) is 0.868. The zero-order valence-corrected chi connectivity index (χ0v) is 9.98. The van der Waals surface area contributed by atoms with Crippen molar-refractivity contribution in [3.63, 3.8) is 0 Å². The Balaban J connectivity index is 2.07. The van der Waals surface area contributed by atoms with Gasteiger partial charge in [-0.3, -0.25) is 0 Å². The fourth-order valence-electron chi connectivity index (χ4n) is 1.91. The van der Waals surface area contributed by atoms with Gasteiger partial charge >= 0.3 is 0 Å². The second-order valence-electron chi connectivity index (χ2n) is 4.19. The van der Waals surface area contributed by atoms with Gasteiger partial charge in [-0.2, -0.15) is 0 Å². The first-order valence-electron chi connectivity index (χ1n) is 5.71. The monoisotopic (exact) mass is 233 g/mol. The van der Waals surface area contributed by atoms with Crippen LogP contribution >= 0.6 is 0 Å². The summed E-state index contributed by atoms with van der Waals surface area (Å²) < 4.78 is 18.6. The summed E-state index contributed by atoms with van der Waals surface area (Å²) in [7, 11) is 0. The van der Waals surface area contributed by atoms with Gasteiger partial charge in [-0.1, -0.05) is 18.2 Å². The summed E-state index contributed by atoms with van der Waals surface area (Å²) >= 11 is 0.